The molecule has 1 rings (SSSR count). The number of hydrogen-bond donors (Lipinski definition) is 1. The van der Waals surface area contributed by atoms with E-state index in [0.29, 0.717) is 26.4 Å². The highest BCUT2D eigenvalue weighted by Crippen LogP contribution is 2.16. The Morgan fingerprint density at radius 3 is 2.68 bits per heavy atom. The quantitative estimate of drug-likeness (QED) is 0.652. The Morgan fingerprint density at radius 1 is 1.16 bits per heavy atom. The highest BCUT2D eigenvalue weighted by atomic mass is 16.5. The Balaban J connectivity index is 2.38. The molecule has 0 aromatic carbocycles. The lowest BCUT2D eigenvalue weighted by Crippen LogP contribution is -2.16. The van der Waals surface area contributed by atoms with Crippen LogP contribution in [0.2, 0.25) is 0 Å². The summed E-state index contributed by atoms with van der Waals surface area (Å²) >= 11 is 0. The first-order valence-corrected chi connectivity index (χ1v) is 6.64. The van der Waals surface area contributed by atoms with E-state index in [2.05, 4.69) is 17.2 Å². The van der Waals surface area contributed by atoms with Crippen molar-refractivity contribution in [3.63, 3.8) is 0 Å². The van der Waals surface area contributed by atoms with Crippen molar-refractivity contribution in [2.75, 3.05) is 40.1 Å². The van der Waals surface area contributed by atoms with Gasteiger partial charge < -0.3 is 19.5 Å². The molecule has 0 bridgehead atoms. The molecule has 0 aliphatic rings. The molecule has 0 aliphatic heterocycles. The topological polar surface area (TPSA) is 52.6 Å². The summed E-state index contributed by atoms with van der Waals surface area (Å²) in [4.78, 5) is 4.49. The van der Waals surface area contributed by atoms with Gasteiger partial charge in [-0.25, -0.2) is 0 Å². The summed E-state index contributed by atoms with van der Waals surface area (Å²) in [6.07, 6.45) is 0. The SMILES string of the molecule is CCNCc1nc(C)ccc1OCCOCCOC. The minimum Gasteiger partial charge on any atom is -0.489 e. The summed E-state index contributed by atoms with van der Waals surface area (Å²) in [5.74, 6) is 0.821. The second-order valence-electron chi connectivity index (χ2n) is 4.13. The van der Waals surface area contributed by atoms with E-state index >= 15 is 0 Å². The fourth-order valence-electron chi connectivity index (χ4n) is 1.55. The molecule has 5 heteroatoms. The fourth-order valence-corrected chi connectivity index (χ4v) is 1.55. The first-order chi connectivity index (χ1) is 9.27. The normalized spacial score (nSPS) is 10.7. The number of aryl methyl sites for hydroxylation is 1. The lowest BCUT2D eigenvalue weighted by atomic mass is 10.3. The van der Waals surface area contributed by atoms with Crippen molar-refractivity contribution in [2.45, 2.75) is 20.4 Å². The van der Waals surface area contributed by atoms with Crippen molar-refractivity contribution in [3.8, 4) is 5.75 Å². The van der Waals surface area contributed by atoms with Crippen molar-refractivity contribution in [1.82, 2.24) is 10.3 Å². The molecule has 5 nitrogen and oxygen atoms in total. The van der Waals surface area contributed by atoms with E-state index in [0.717, 1.165) is 30.2 Å². The first kappa shape index (κ1) is 15.9. The van der Waals surface area contributed by atoms with Gasteiger partial charge in [-0.05, 0) is 25.6 Å². The van der Waals surface area contributed by atoms with Crippen LogP contribution < -0.4 is 10.1 Å². The van der Waals surface area contributed by atoms with E-state index in [1.807, 2.05) is 19.1 Å². The molecule has 108 valence electrons. The van der Waals surface area contributed by atoms with E-state index in [9.17, 15) is 0 Å². The average Bonchev–Trinajstić information content (AvgIpc) is 2.42. The van der Waals surface area contributed by atoms with Gasteiger partial charge in [-0.2, -0.15) is 0 Å². The lowest BCUT2D eigenvalue weighted by molar-refractivity contribution is 0.0542. The molecular weight excluding hydrogens is 244 g/mol. The third kappa shape index (κ3) is 6.52. The predicted octanol–water partition coefficient (Wildman–Crippen LogP) is 1.54. The molecule has 0 unspecified atom stereocenters. The maximum Gasteiger partial charge on any atom is 0.142 e. The summed E-state index contributed by atoms with van der Waals surface area (Å²) in [6, 6.07) is 3.92. The molecule has 1 aromatic heterocycles. The van der Waals surface area contributed by atoms with E-state index in [-0.39, 0.29) is 0 Å². The highest BCUT2D eigenvalue weighted by Gasteiger charge is 2.05. The lowest BCUT2D eigenvalue weighted by Gasteiger charge is -2.12. The molecule has 0 amide bonds. The summed E-state index contributed by atoms with van der Waals surface area (Å²) in [5.41, 5.74) is 1.94. The molecule has 1 heterocycles. The second-order valence-corrected chi connectivity index (χ2v) is 4.13. The molecule has 0 radical (unpaired) electrons. The summed E-state index contributed by atoms with van der Waals surface area (Å²) in [7, 11) is 1.66. The van der Waals surface area contributed by atoms with Crippen LogP contribution in [0.25, 0.3) is 0 Å². The van der Waals surface area contributed by atoms with Gasteiger partial charge in [0.1, 0.15) is 12.4 Å². The van der Waals surface area contributed by atoms with Gasteiger partial charge in [-0.3, -0.25) is 4.98 Å². The zero-order chi connectivity index (χ0) is 13.9. The molecule has 0 saturated heterocycles. The molecule has 19 heavy (non-hydrogen) atoms. The smallest absolute Gasteiger partial charge is 0.142 e. The zero-order valence-electron chi connectivity index (χ0n) is 12.1. The highest BCUT2D eigenvalue weighted by molar-refractivity contribution is 5.29. The van der Waals surface area contributed by atoms with Crippen molar-refractivity contribution >= 4 is 0 Å². The fraction of sp³-hybridized carbons (Fsp3) is 0.643. The third-order valence-corrected chi connectivity index (χ3v) is 2.53. The molecular formula is C14H24N2O3. The monoisotopic (exact) mass is 268 g/mol. The van der Waals surface area contributed by atoms with Crippen LogP contribution in [0.15, 0.2) is 12.1 Å². The van der Waals surface area contributed by atoms with Crippen LogP contribution in [0, 0.1) is 6.92 Å². The van der Waals surface area contributed by atoms with E-state index in [1.54, 1.807) is 7.11 Å². The van der Waals surface area contributed by atoms with Crippen LogP contribution >= 0.6 is 0 Å². The van der Waals surface area contributed by atoms with Gasteiger partial charge in [0, 0.05) is 19.3 Å². The van der Waals surface area contributed by atoms with Crippen LogP contribution in [0.3, 0.4) is 0 Å². The minimum atomic E-state index is 0.521. The largest absolute Gasteiger partial charge is 0.489 e. The second kappa shape index (κ2) is 9.72. The van der Waals surface area contributed by atoms with Gasteiger partial charge in [0.05, 0.1) is 25.5 Å². The average molecular weight is 268 g/mol. The molecule has 0 aliphatic carbocycles. The van der Waals surface area contributed by atoms with Crippen molar-refractivity contribution in [1.29, 1.82) is 0 Å². The summed E-state index contributed by atoms with van der Waals surface area (Å²) in [5, 5.41) is 3.26. The number of methoxy groups -OCH3 is 1. The Bertz CT molecular complexity index is 359. The van der Waals surface area contributed by atoms with Crippen molar-refractivity contribution in [3.05, 3.63) is 23.5 Å². The van der Waals surface area contributed by atoms with E-state index in [1.165, 1.54) is 0 Å². The predicted molar refractivity (Wildman–Crippen MR) is 74.5 cm³/mol. The maximum absolute atomic E-state index is 5.70. The van der Waals surface area contributed by atoms with Gasteiger partial charge in [0.25, 0.3) is 0 Å². The minimum absolute atomic E-state index is 0.521. The Kier molecular flexibility index (Phi) is 8.13. The summed E-state index contributed by atoms with van der Waals surface area (Å²) in [6.45, 7) is 7.96. The van der Waals surface area contributed by atoms with Crippen molar-refractivity contribution in [2.24, 2.45) is 0 Å². The summed E-state index contributed by atoms with van der Waals surface area (Å²) < 4.78 is 16.0. The van der Waals surface area contributed by atoms with Crippen molar-refractivity contribution < 1.29 is 14.2 Å². The van der Waals surface area contributed by atoms with Crippen LogP contribution in [0.5, 0.6) is 5.75 Å². The number of pyridine rings is 1. The first-order valence-electron chi connectivity index (χ1n) is 6.64. The van der Waals surface area contributed by atoms with Crippen LogP contribution in [-0.4, -0.2) is 45.1 Å². The molecule has 1 aromatic rings. The number of nitrogens with one attached hydrogen (secondary N) is 1. The molecule has 0 saturated carbocycles. The molecule has 0 spiro atoms. The Hall–Kier alpha value is -1.17. The molecule has 1 N–H and O–H groups in total. The Labute approximate surface area is 115 Å². The van der Waals surface area contributed by atoms with Crippen LogP contribution in [-0.2, 0) is 16.0 Å². The number of hydrogen-bond acceptors (Lipinski definition) is 5. The molecule has 0 atom stereocenters. The Morgan fingerprint density at radius 2 is 1.95 bits per heavy atom. The van der Waals surface area contributed by atoms with Gasteiger partial charge in [-0.15, -0.1) is 0 Å². The van der Waals surface area contributed by atoms with Gasteiger partial charge in [-0.1, -0.05) is 6.92 Å². The van der Waals surface area contributed by atoms with Crippen LogP contribution in [0.1, 0.15) is 18.3 Å². The number of nitrogens with zero attached hydrogens (tertiary/aromatic N) is 1. The third-order valence-electron chi connectivity index (χ3n) is 2.53. The number of rotatable bonds is 10. The zero-order valence-corrected chi connectivity index (χ0v) is 12.1. The number of aromatic nitrogens is 1. The van der Waals surface area contributed by atoms with E-state index in [4.69, 9.17) is 14.2 Å². The van der Waals surface area contributed by atoms with Crippen LogP contribution in [0.4, 0.5) is 0 Å². The maximum atomic E-state index is 5.70. The van der Waals surface area contributed by atoms with Gasteiger partial charge in [0.2, 0.25) is 0 Å². The standard InChI is InChI=1S/C14H24N2O3/c1-4-15-11-13-14(6-5-12(2)16-13)19-10-9-18-8-7-17-3/h5-6,15H,4,7-11H2,1-3H3. The molecule has 0 fully saturated rings. The van der Waals surface area contributed by atoms with Gasteiger partial charge in [0.15, 0.2) is 0 Å². The number of ether oxygens (including phenoxy) is 3. The van der Waals surface area contributed by atoms with Gasteiger partial charge >= 0.3 is 0 Å². The van der Waals surface area contributed by atoms with E-state index < -0.39 is 0 Å².